The fourth-order valence-corrected chi connectivity index (χ4v) is 4.43. The monoisotopic (exact) mass is 462 g/mol. The molecule has 3 aromatic rings. The zero-order valence-electron chi connectivity index (χ0n) is 17.6. The molecule has 2 aromatic heterocycles. The molecule has 0 spiro atoms. The first kappa shape index (κ1) is 21.4. The van der Waals surface area contributed by atoms with Gasteiger partial charge in [0.1, 0.15) is 6.61 Å². The molecule has 174 valence electrons. The van der Waals surface area contributed by atoms with Crippen molar-refractivity contribution in [3.05, 3.63) is 30.3 Å². The van der Waals surface area contributed by atoms with E-state index < -0.39 is 12.8 Å². The third kappa shape index (κ3) is 4.40. The molecular formula is C20H21F3N8O2. The number of nitrogens with zero attached hydrogens (tertiary/aromatic N) is 6. The highest BCUT2D eigenvalue weighted by molar-refractivity contribution is 5.57. The number of hydrogen-bond acceptors (Lipinski definition) is 10. The number of piperidine rings is 1. The van der Waals surface area contributed by atoms with Crippen molar-refractivity contribution in [3.8, 4) is 11.6 Å². The highest BCUT2D eigenvalue weighted by Gasteiger charge is 2.66. The number of rotatable bonds is 7. The van der Waals surface area contributed by atoms with Crippen LogP contribution in [0.5, 0.6) is 0 Å². The molecule has 5 rings (SSSR count). The van der Waals surface area contributed by atoms with Crippen LogP contribution < -0.4 is 16.0 Å². The van der Waals surface area contributed by atoms with Crippen LogP contribution in [0.3, 0.4) is 0 Å². The van der Waals surface area contributed by atoms with Crippen LogP contribution in [0.4, 0.5) is 36.8 Å². The smallest absolute Gasteiger partial charge is 0.372 e. The molecule has 3 N–H and O–H groups in total. The largest absolute Gasteiger partial charge is 0.411 e. The summed E-state index contributed by atoms with van der Waals surface area (Å²) in [4.78, 5) is 18.8. The van der Waals surface area contributed by atoms with Crippen molar-refractivity contribution in [2.24, 2.45) is 17.3 Å². The lowest BCUT2D eigenvalue weighted by Crippen LogP contribution is -2.28. The summed E-state index contributed by atoms with van der Waals surface area (Å²) in [6.45, 7) is 2.08. The van der Waals surface area contributed by atoms with Gasteiger partial charge in [-0.25, -0.2) is 0 Å². The minimum absolute atomic E-state index is 0.00130. The molecule has 0 bridgehead atoms. The Bertz CT molecular complexity index is 1140. The third-order valence-electron chi connectivity index (χ3n) is 6.15. The maximum absolute atomic E-state index is 12.3. The zero-order valence-corrected chi connectivity index (χ0v) is 17.6. The average molecular weight is 462 g/mol. The van der Waals surface area contributed by atoms with Crippen LogP contribution in [0.15, 0.2) is 34.9 Å². The number of nitrogens with one attached hydrogen (secondary N) is 1. The van der Waals surface area contributed by atoms with Crippen molar-refractivity contribution in [1.29, 1.82) is 0 Å². The molecule has 0 radical (unpaired) electrons. The molecular weight excluding hydrogens is 441 g/mol. The lowest BCUT2D eigenvalue weighted by Gasteiger charge is -2.19. The van der Waals surface area contributed by atoms with Crippen molar-refractivity contribution in [1.82, 2.24) is 25.1 Å². The maximum Gasteiger partial charge on any atom is 0.411 e. The molecule has 2 aliphatic rings. The number of alkyl halides is 3. The van der Waals surface area contributed by atoms with Gasteiger partial charge >= 0.3 is 12.2 Å². The second-order valence-corrected chi connectivity index (χ2v) is 8.46. The van der Waals surface area contributed by atoms with Gasteiger partial charge in [0, 0.05) is 18.8 Å². The molecule has 3 heterocycles. The number of para-hydroxylation sites is 1. The number of aromatic nitrogens is 5. The van der Waals surface area contributed by atoms with Gasteiger partial charge in [0.2, 0.25) is 23.5 Å². The van der Waals surface area contributed by atoms with Crippen LogP contribution in [-0.2, 0) is 4.74 Å². The molecule has 1 aromatic carbocycles. The summed E-state index contributed by atoms with van der Waals surface area (Å²) >= 11 is 0. The lowest BCUT2D eigenvalue weighted by atomic mass is 10.1. The van der Waals surface area contributed by atoms with Gasteiger partial charge in [-0.15, -0.1) is 0 Å². The second kappa shape index (κ2) is 7.83. The first-order valence-electron chi connectivity index (χ1n) is 10.3. The normalized spacial score (nSPS) is 24.1. The van der Waals surface area contributed by atoms with Crippen LogP contribution in [0.1, 0.15) is 6.92 Å². The number of nitrogen functional groups attached to an aromatic ring is 1. The van der Waals surface area contributed by atoms with E-state index in [1.807, 2.05) is 42.2 Å². The van der Waals surface area contributed by atoms with Crippen molar-refractivity contribution in [2.45, 2.75) is 13.1 Å². The quantitative estimate of drug-likeness (QED) is 0.541. The maximum atomic E-state index is 12.3. The van der Waals surface area contributed by atoms with Crippen LogP contribution in [0, 0.1) is 17.3 Å². The SMILES string of the molecule is C[C@@]12CN(c3nc(-c4nc(N)nc(Nc5ccccc5)n4)no3)C[C@@H]1[C@H]2COCC(F)(F)F. The van der Waals surface area contributed by atoms with Gasteiger partial charge in [-0.2, -0.15) is 33.1 Å². The van der Waals surface area contributed by atoms with Crippen molar-refractivity contribution in [3.63, 3.8) is 0 Å². The van der Waals surface area contributed by atoms with E-state index in [0.717, 1.165) is 5.69 Å². The Labute approximate surface area is 186 Å². The Morgan fingerprint density at radius 1 is 1.18 bits per heavy atom. The third-order valence-corrected chi connectivity index (χ3v) is 6.15. The van der Waals surface area contributed by atoms with E-state index in [-0.39, 0.29) is 47.4 Å². The number of anilines is 4. The summed E-state index contributed by atoms with van der Waals surface area (Å²) in [7, 11) is 0. The van der Waals surface area contributed by atoms with Crippen molar-refractivity contribution in [2.75, 3.05) is 42.3 Å². The van der Waals surface area contributed by atoms with E-state index >= 15 is 0 Å². The van der Waals surface area contributed by atoms with E-state index in [4.69, 9.17) is 15.0 Å². The highest BCUT2D eigenvalue weighted by atomic mass is 19.4. The van der Waals surface area contributed by atoms with E-state index in [9.17, 15) is 13.2 Å². The van der Waals surface area contributed by atoms with Crippen molar-refractivity contribution >= 4 is 23.6 Å². The van der Waals surface area contributed by atoms with Gasteiger partial charge in [-0.05, 0) is 29.4 Å². The summed E-state index contributed by atoms with van der Waals surface area (Å²) in [6, 6.07) is 9.63. The first-order chi connectivity index (χ1) is 15.7. The van der Waals surface area contributed by atoms with Gasteiger partial charge in [0.25, 0.3) is 0 Å². The molecule has 1 saturated carbocycles. The van der Waals surface area contributed by atoms with E-state index in [1.54, 1.807) is 0 Å². The summed E-state index contributed by atoms with van der Waals surface area (Å²) in [5.74, 6) is 0.841. The van der Waals surface area contributed by atoms with Crippen LogP contribution in [0.25, 0.3) is 11.6 Å². The molecule has 33 heavy (non-hydrogen) atoms. The zero-order chi connectivity index (χ0) is 23.2. The highest BCUT2D eigenvalue weighted by Crippen LogP contribution is 2.63. The molecule has 1 aliphatic heterocycles. The number of benzene rings is 1. The van der Waals surface area contributed by atoms with Crippen LogP contribution >= 0.6 is 0 Å². The minimum Gasteiger partial charge on any atom is -0.372 e. The van der Waals surface area contributed by atoms with Crippen LogP contribution in [-0.4, -0.2) is 57.6 Å². The molecule has 13 heteroatoms. The Balaban J connectivity index is 1.24. The van der Waals surface area contributed by atoms with E-state index in [2.05, 4.69) is 30.4 Å². The minimum atomic E-state index is -4.31. The summed E-state index contributed by atoms with van der Waals surface area (Å²) in [5, 5.41) is 7.01. The fraction of sp³-hybridized carbons (Fsp3) is 0.450. The van der Waals surface area contributed by atoms with Crippen molar-refractivity contribution < 1.29 is 22.4 Å². The predicted octanol–water partition coefficient (Wildman–Crippen LogP) is 2.90. The Hall–Kier alpha value is -3.48. The molecule has 0 unspecified atom stereocenters. The fourth-order valence-electron chi connectivity index (χ4n) is 4.43. The van der Waals surface area contributed by atoms with Gasteiger partial charge in [-0.1, -0.05) is 30.3 Å². The molecule has 0 amide bonds. The Morgan fingerprint density at radius 3 is 2.67 bits per heavy atom. The number of nitrogens with two attached hydrogens (primary N) is 1. The molecule has 1 saturated heterocycles. The van der Waals surface area contributed by atoms with Gasteiger partial charge in [0.05, 0.1) is 6.61 Å². The van der Waals surface area contributed by atoms with Gasteiger partial charge < -0.3 is 25.2 Å². The van der Waals surface area contributed by atoms with Gasteiger partial charge in [0.15, 0.2) is 0 Å². The number of hydrogen-bond donors (Lipinski definition) is 2. The summed E-state index contributed by atoms with van der Waals surface area (Å²) < 4.78 is 47.2. The topological polar surface area (TPSA) is 128 Å². The standard InChI is InChI=1S/C20H21F3N8O2/c1-19-9-31(7-12(19)13(19)8-32-10-20(21,22)23)18-28-15(30-33-18)14-26-16(24)29-17(27-14)25-11-5-3-2-4-6-11/h2-6,12-13H,7-10H2,1H3,(H3,24,25,26,27,29)/t12-,13-,19-/m1/s1. The Morgan fingerprint density at radius 2 is 1.97 bits per heavy atom. The Kier molecular flexibility index (Phi) is 5.07. The first-order valence-corrected chi connectivity index (χ1v) is 10.3. The number of fused-ring (bicyclic) bond motifs is 1. The van der Waals surface area contributed by atoms with E-state index in [0.29, 0.717) is 19.1 Å². The van der Waals surface area contributed by atoms with Crippen LogP contribution in [0.2, 0.25) is 0 Å². The summed E-state index contributed by atoms with van der Waals surface area (Å²) in [5.41, 5.74) is 6.45. The number of ether oxygens (including phenoxy) is 1. The summed E-state index contributed by atoms with van der Waals surface area (Å²) in [6.07, 6.45) is -4.31. The van der Waals surface area contributed by atoms with E-state index in [1.165, 1.54) is 0 Å². The average Bonchev–Trinajstić information content (AvgIpc) is 3.12. The number of halogens is 3. The lowest BCUT2D eigenvalue weighted by molar-refractivity contribution is -0.175. The molecule has 1 aliphatic carbocycles. The molecule has 2 fully saturated rings. The predicted molar refractivity (Wildman–Crippen MR) is 111 cm³/mol. The second-order valence-electron chi connectivity index (χ2n) is 8.46. The van der Waals surface area contributed by atoms with Gasteiger partial charge in [-0.3, -0.25) is 0 Å². The molecule has 3 atom stereocenters. The molecule has 10 nitrogen and oxygen atoms in total.